The Balaban J connectivity index is 2.71. The first kappa shape index (κ1) is 10.3. The zero-order valence-corrected chi connectivity index (χ0v) is 10.7. The summed E-state index contributed by atoms with van der Waals surface area (Å²) in [5.74, 6) is -2.28. The molecule has 0 bridgehead atoms. The van der Waals surface area contributed by atoms with Gasteiger partial charge in [-0.2, -0.15) is 13.2 Å². The molecule has 7 heteroatoms. The number of fused-ring (bicyclic) bond motifs is 1. The Morgan fingerprint density at radius 3 is 2.74 bits per heavy atom. The van der Waals surface area contributed by atoms with E-state index in [1.165, 1.54) is 6.07 Å². The molecular formula is C12H8BrF3O3. The lowest BCUT2D eigenvalue weighted by atomic mass is 9.99. The summed E-state index contributed by atoms with van der Waals surface area (Å²) in [5.41, 5.74) is -1.47. The molecule has 1 aliphatic heterocycles. The van der Waals surface area contributed by atoms with Gasteiger partial charge in [0.2, 0.25) is 6.10 Å². The number of rotatable bonds is 1. The molecule has 0 unspecified atom stereocenters. The second-order valence-electron chi connectivity index (χ2n) is 3.82. The summed E-state index contributed by atoms with van der Waals surface area (Å²) in [6.45, 7) is -2.71. The molecule has 0 spiro atoms. The van der Waals surface area contributed by atoms with Crippen molar-refractivity contribution >= 4 is 28.0 Å². The van der Waals surface area contributed by atoms with Gasteiger partial charge in [0.05, 0.1) is 5.57 Å². The van der Waals surface area contributed by atoms with Gasteiger partial charge in [0.15, 0.2) is 0 Å². The third-order valence-corrected chi connectivity index (χ3v) is 2.91. The standard InChI is InChI=1S/C12H8BrF3O3/c1-5-2-7(13)3-6-4-8(11(17)18)10(12(14,15)16)19-9(5)6/h2-4,10H,1H3,(H,17,18)/t10-/m0/s1/i1T3. The molecule has 2 rings (SSSR count). The molecule has 102 valence electrons. The van der Waals surface area contributed by atoms with Crippen LogP contribution in [0.15, 0.2) is 22.2 Å². The Labute approximate surface area is 119 Å². The summed E-state index contributed by atoms with van der Waals surface area (Å²) in [5, 5.41) is 8.92. The third-order valence-electron chi connectivity index (χ3n) is 2.46. The number of hydrogen-bond acceptors (Lipinski definition) is 2. The van der Waals surface area contributed by atoms with Crippen molar-refractivity contribution in [1.29, 1.82) is 0 Å². The minimum atomic E-state index is -4.99. The van der Waals surface area contributed by atoms with Crippen LogP contribution in [0.4, 0.5) is 13.2 Å². The summed E-state index contributed by atoms with van der Waals surface area (Å²) in [6.07, 6.45) is -6.93. The zero-order valence-electron chi connectivity index (χ0n) is 12.1. The maximum atomic E-state index is 13.0. The van der Waals surface area contributed by atoms with Gasteiger partial charge >= 0.3 is 12.1 Å². The van der Waals surface area contributed by atoms with Gasteiger partial charge in [-0.25, -0.2) is 4.79 Å². The normalized spacial score (nSPS) is 21.4. The van der Waals surface area contributed by atoms with E-state index in [2.05, 4.69) is 15.9 Å². The molecule has 0 aromatic heterocycles. The van der Waals surface area contributed by atoms with Gasteiger partial charge < -0.3 is 9.84 Å². The van der Waals surface area contributed by atoms with Gasteiger partial charge in [0.1, 0.15) is 5.75 Å². The second-order valence-corrected chi connectivity index (χ2v) is 4.73. The van der Waals surface area contributed by atoms with E-state index in [0.29, 0.717) is 0 Å². The van der Waals surface area contributed by atoms with Gasteiger partial charge in [0, 0.05) is 14.1 Å². The average Bonchev–Trinajstić information content (AvgIpc) is 2.33. The number of carboxylic acids is 1. The predicted molar refractivity (Wildman–Crippen MR) is 65.0 cm³/mol. The van der Waals surface area contributed by atoms with Gasteiger partial charge in [0.25, 0.3) is 0 Å². The average molecular weight is 343 g/mol. The van der Waals surface area contributed by atoms with Gasteiger partial charge in [-0.15, -0.1) is 0 Å². The number of ether oxygens (including phenoxy) is 1. The lowest BCUT2D eigenvalue weighted by Crippen LogP contribution is -2.40. The number of carboxylic acid groups (broad SMARTS) is 1. The summed E-state index contributed by atoms with van der Waals surface area (Å²) < 4.78 is 66.1. The number of hydrogen-bond donors (Lipinski definition) is 1. The molecule has 0 aliphatic carbocycles. The molecule has 3 nitrogen and oxygen atoms in total. The zero-order chi connectivity index (χ0) is 16.9. The molecule has 0 radical (unpaired) electrons. The van der Waals surface area contributed by atoms with Crippen LogP contribution in [-0.2, 0) is 4.79 Å². The Morgan fingerprint density at radius 1 is 1.53 bits per heavy atom. The van der Waals surface area contributed by atoms with Gasteiger partial charge in [-0.3, -0.25) is 0 Å². The Bertz CT molecular complexity index is 668. The van der Waals surface area contributed by atoms with Crippen LogP contribution in [-0.4, -0.2) is 23.4 Å². The number of benzene rings is 1. The van der Waals surface area contributed by atoms with E-state index < -0.39 is 42.0 Å². The maximum absolute atomic E-state index is 13.0. The fourth-order valence-corrected chi connectivity index (χ4v) is 2.17. The molecule has 19 heavy (non-hydrogen) atoms. The molecule has 0 saturated heterocycles. The molecular weight excluding hydrogens is 329 g/mol. The van der Waals surface area contributed by atoms with E-state index in [0.717, 1.165) is 12.1 Å². The van der Waals surface area contributed by atoms with Crippen molar-refractivity contribution in [3.05, 3.63) is 33.3 Å². The van der Waals surface area contributed by atoms with E-state index in [9.17, 15) is 18.0 Å². The van der Waals surface area contributed by atoms with Crippen molar-refractivity contribution in [2.45, 2.75) is 19.1 Å². The highest BCUT2D eigenvalue weighted by molar-refractivity contribution is 9.10. The molecule has 0 amide bonds. The Hall–Kier alpha value is -1.50. The van der Waals surface area contributed by atoms with Crippen molar-refractivity contribution in [2.75, 3.05) is 0 Å². The highest BCUT2D eigenvalue weighted by Crippen LogP contribution is 2.40. The fourth-order valence-electron chi connectivity index (χ4n) is 1.70. The largest absolute Gasteiger partial charge is 0.478 e. The predicted octanol–water partition coefficient (Wildman–Crippen LogP) is 3.55. The van der Waals surface area contributed by atoms with Crippen molar-refractivity contribution < 1.29 is 31.9 Å². The van der Waals surface area contributed by atoms with Crippen molar-refractivity contribution in [2.24, 2.45) is 0 Å². The van der Waals surface area contributed by atoms with Crippen LogP contribution in [0.3, 0.4) is 0 Å². The van der Waals surface area contributed by atoms with E-state index in [4.69, 9.17) is 14.0 Å². The Kier molecular flexibility index (Phi) is 2.47. The smallest absolute Gasteiger partial charge is 0.430 e. The van der Waals surface area contributed by atoms with E-state index in [-0.39, 0.29) is 10.0 Å². The van der Waals surface area contributed by atoms with Crippen LogP contribution >= 0.6 is 15.9 Å². The van der Waals surface area contributed by atoms with Crippen LogP contribution in [0.1, 0.15) is 15.2 Å². The van der Waals surface area contributed by atoms with Crippen LogP contribution in [0, 0.1) is 6.85 Å². The van der Waals surface area contributed by atoms with Crippen LogP contribution in [0.25, 0.3) is 6.08 Å². The number of aliphatic carboxylic acids is 1. The SMILES string of the molecule is [3H]C([3H])([3H])c1cc(Br)cc2c1O[C@H](C(F)(F)F)C(C(=O)O)=C2. The monoisotopic (exact) mass is 342 g/mol. The molecule has 0 fully saturated rings. The first-order chi connectivity index (χ1) is 9.91. The topological polar surface area (TPSA) is 46.5 Å². The van der Waals surface area contributed by atoms with Crippen molar-refractivity contribution in [3.8, 4) is 5.75 Å². The molecule has 0 saturated carbocycles. The highest BCUT2D eigenvalue weighted by Gasteiger charge is 2.48. The highest BCUT2D eigenvalue weighted by atomic mass is 79.9. The third kappa shape index (κ3) is 2.60. The van der Waals surface area contributed by atoms with Crippen molar-refractivity contribution in [3.63, 3.8) is 0 Å². The molecule has 1 aliphatic rings. The van der Waals surface area contributed by atoms with E-state index >= 15 is 0 Å². The van der Waals surface area contributed by atoms with Crippen LogP contribution < -0.4 is 4.74 Å². The summed E-state index contributed by atoms with van der Waals surface area (Å²) >= 11 is 3.04. The van der Waals surface area contributed by atoms with Crippen LogP contribution in [0.2, 0.25) is 0 Å². The van der Waals surface area contributed by atoms with Crippen molar-refractivity contribution in [1.82, 2.24) is 0 Å². The molecule has 1 atom stereocenters. The molecule has 1 N–H and O–H groups in total. The molecule has 1 heterocycles. The number of alkyl halides is 3. The number of carbonyl (C=O) groups is 1. The maximum Gasteiger partial charge on any atom is 0.430 e. The summed E-state index contributed by atoms with van der Waals surface area (Å²) in [6, 6.07) is 2.42. The van der Waals surface area contributed by atoms with E-state index in [1.54, 1.807) is 0 Å². The first-order valence-corrected chi connectivity index (χ1v) is 5.73. The lowest BCUT2D eigenvalue weighted by molar-refractivity contribution is -0.187. The van der Waals surface area contributed by atoms with Gasteiger partial charge in [-0.05, 0) is 30.6 Å². The van der Waals surface area contributed by atoms with Gasteiger partial charge in [-0.1, -0.05) is 15.9 Å². The van der Waals surface area contributed by atoms with E-state index in [1.807, 2.05) is 0 Å². The minimum absolute atomic E-state index is 0.0431. The minimum Gasteiger partial charge on any atom is -0.478 e. The number of halogens is 4. The summed E-state index contributed by atoms with van der Waals surface area (Å²) in [4.78, 5) is 11.0. The molecule has 1 aromatic rings. The summed E-state index contributed by atoms with van der Waals surface area (Å²) in [7, 11) is 0. The lowest BCUT2D eigenvalue weighted by Gasteiger charge is -2.28. The Morgan fingerprint density at radius 2 is 2.21 bits per heavy atom. The second kappa shape index (κ2) is 4.56. The first-order valence-electron chi connectivity index (χ1n) is 6.43. The van der Waals surface area contributed by atoms with Crippen LogP contribution in [0.5, 0.6) is 5.75 Å². The fraction of sp³-hybridized carbons (Fsp3) is 0.250. The quantitative estimate of drug-likeness (QED) is 0.848. The number of aryl methyl sites for hydroxylation is 1. The molecule has 1 aromatic carbocycles.